The number of hydrogen-bond acceptors (Lipinski definition) is 5. The summed E-state index contributed by atoms with van der Waals surface area (Å²) in [5, 5.41) is 0.683. The van der Waals surface area contributed by atoms with E-state index in [-0.39, 0.29) is 6.10 Å². The molecule has 2 atom stereocenters. The number of H-pyrrole nitrogens is 1. The van der Waals surface area contributed by atoms with Crippen LogP contribution in [0.3, 0.4) is 0 Å². The summed E-state index contributed by atoms with van der Waals surface area (Å²) in [4.78, 5) is 23.0. The number of esters is 1. The van der Waals surface area contributed by atoms with Crippen LogP contribution in [0.5, 0.6) is 0 Å². The molecule has 106 valence electrons. The van der Waals surface area contributed by atoms with E-state index in [1.54, 1.807) is 12.3 Å². The SMILES string of the molecule is CC1CCOC1CCOC(=O)c1ncnc2[nH]ccc12. The Balaban J connectivity index is 1.60. The third-order valence-corrected chi connectivity index (χ3v) is 3.72. The predicted octanol–water partition coefficient (Wildman–Crippen LogP) is 1.93. The molecule has 1 fully saturated rings. The second-order valence-corrected chi connectivity index (χ2v) is 5.06. The van der Waals surface area contributed by atoms with Crippen LogP contribution in [0.1, 0.15) is 30.3 Å². The van der Waals surface area contributed by atoms with Crippen molar-refractivity contribution in [3.05, 3.63) is 24.3 Å². The van der Waals surface area contributed by atoms with Crippen molar-refractivity contribution >= 4 is 17.0 Å². The van der Waals surface area contributed by atoms with Gasteiger partial charge in [-0.15, -0.1) is 0 Å². The maximum absolute atomic E-state index is 12.0. The molecule has 3 rings (SSSR count). The second-order valence-electron chi connectivity index (χ2n) is 5.06. The van der Waals surface area contributed by atoms with Crippen LogP contribution in [-0.4, -0.2) is 40.2 Å². The van der Waals surface area contributed by atoms with Crippen molar-refractivity contribution in [2.45, 2.75) is 25.9 Å². The lowest BCUT2D eigenvalue weighted by atomic mass is 10.0. The first-order valence-electron chi connectivity index (χ1n) is 6.82. The molecule has 1 N–H and O–H groups in total. The Morgan fingerprint density at radius 2 is 2.45 bits per heavy atom. The molecular formula is C14H17N3O3. The molecule has 0 spiro atoms. The van der Waals surface area contributed by atoms with Gasteiger partial charge < -0.3 is 14.5 Å². The van der Waals surface area contributed by atoms with E-state index < -0.39 is 5.97 Å². The van der Waals surface area contributed by atoms with Crippen LogP contribution >= 0.6 is 0 Å². The molecule has 1 aliphatic rings. The first kappa shape index (κ1) is 13.1. The third-order valence-electron chi connectivity index (χ3n) is 3.72. The van der Waals surface area contributed by atoms with Gasteiger partial charge in [0.1, 0.15) is 12.0 Å². The van der Waals surface area contributed by atoms with Crippen molar-refractivity contribution < 1.29 is 14.3 Å². The van der Waals surface area contributed by atoms with Gasteiger partial charge in [0.2, 0.25) is 0 Å². The van der Waals surface area contributed by atoms with E-state index in [1.807, 2.05) is 0 Å². The van der Waals surface area contributed by atoms with Crippen LogP contribution in [0, 0.1) is 5.92 Å². The minimum Gasteiger partial charge on any atom is -0.461 e. The van der Waals surface area contributed by atoms with Gasteiger partial charge in [-0.1, -0.05) is 6.92 Å². The Morgan fingerprint density at radius 1 is 1.55 bits per heavy atom. The molecule has 2 unspecified atom stereocenters. The average Bonchev–Trinajstić information content (AvgIpc) is 3.07. The predicted molar refractivity (Wildman–Crippen MR) is 72.3 cm³/mol. The van der Waals surface area contributed by atoms with Crippen molar-refractivity contribution in [1.29, 1.82) is 0 Å². The van der Waals surface area contributed by atoms with Gasteiger partial charge in [0, 0.05) is 19.2 Å². The summed E-state index contributed by atoms with van der Waals surface area (Å²) in [6.07, 6.45) is 5.09. The van der Waals surface area contributed by atoms with Gasteiger partial charge in [0.05, 0.1) is 18.1 Å². The number of ether oxygens (including phenoxy) is 2. The van der Waals surface area contributed by atoms with Crippen molar-refractivity contribution in [3.63, 3.8) is 0 Å². The molecule has 0 aliphatic carbocycles. The molecule has 6 nitrogen and oxygen atoms in total. The number of aromatic nitrogens is 3. The van der Waals surface area contributed by atoms with E-state index in [0.29, 0.717) is 29.3 Å². The lowest BCUT2D eigenvalue weighted by molar-refractivity contribution is 0.0338. The molecule has 2 aromatic rings. The molecular weight excluding hydrogens is 258 g/mol. The summed E-state index contributed by atoms with van der Waals surface area (Å²) in [7, 11) is 0. The Bertz CT molecular complexity index is 610. The van der Waals surface area contributed by atoms with Crippen molar-refractivity contribution in [2.75, 3.05) is 13.2 Å². The fourth-order valence-electron chi connectivity index (χ4n) is 2.49. The van der Waals surface area contributed by atoms with Crippen molar-refractivity contribution in [3.8, 4) is 0 Å². The number of nitrogens with one attached hydrogen (secondary N) is 1. The highest BCUT2D eigenvalue weighted by Gasteiger charge is 2.24. The number of rotatable bonds is 4. The molecule has 6 heteroatoms. The molecule has 0 aromatic carbocycles. The maximum Gasteiger partial charge on any atom is 0.357 e. The van der Waals surface area contributed by atoms with Gasteiger partial charge in [-0.3, -0.25) is 0 Å². The zero-order valence-corrected chi connectivity index (χ0v) is 11.3. The summed E-state index contributed by atoms with van der Waals surface area (Å²) in [5.41, 5.74) is 0.941. The summed E-state index contributed by atoms with van der Waals surface area (Å²) in [6.45, 7) is 3.31. The number of hydrogen-bond donors (Lipinski definition) is 1. The molecule has 0 amide bonds. The molecule has 20 heavy (non-hydrogen) atoms. The number of fused-ring (bicyclic) bond motifs is 1. The van der Waals surface area contributed by atoms with Crippen LogP contribution in [0.4, 0.5) is 0 Å². The summed E-state index contributed by atoms with van der Waals surface area (Å²) in [6, 6.07) is 1.77. The lowest BCUT2D eigenvalue weighted by Crippen LogP contribution is -2.18. The van der Waals surface area contributed by atoms with Crippen LogP contribution in [0.15, 0.2) is 18.6 Å². The topological polar surface area (TPSA) is 77.1 Å². The Labute approximate surface area is 116 Å². The summed E-state index contributed by atoms with van der Waals surface area (Å²) >= 11 is 0. The van der Waals surface area contributed by atoms with E-state index in [2.05, 4.69) is 21.9 Å². The van der Waals surface area contributed by atoms with Gasteiger partial charge in [-0.05, 0) is 18.4 Å². The molecule has 1 aliphatic heterocycles. The van der Waals surface area contributed by atoms with Crippen LogP contribution in [-0.2, 0) is 9.47 Å². The highest BCUT2D eigenvalue weighted by Crippen LogP contribution is 2.22. The van der Waals surface area contributed by atoms with E-state index in [0.717, 1.165) is 19.4 Å². The second kappa shape index (κ2) is 5.58. The molecule has 0 radical (unpaired) electrons. The maximum atomic E-state index is 12.0. The minimum absolute atomic E-state index is 0.195. The van der Waals surface area contributed by atoms with Gasteiger partial charge >= 0.3 is 5.97 Å². The quantitative estimate of drug-likeness (QED) is 0.863. The first-order chi connectivity index (χ1) is 9.75. The Hall–Kier alpha value is -1.95. The minimum atomic E-state index is -0.414. The zero-order valence-electron chi connectivity index (χ0n) is 11.3. The first-order valence-corrected chi connectivity index (χ1v) is 6.82. The van der Waals surface area contributed by atoms with Crippen LogP contribution in [0.25, 0.3) is 11.0 Å². The fraction of sp³-hybridized carbons (Fsp3) is 0.500. The molecule has 1 saturated heterocycles. The third kappa shape index (κ3) is 2.51. The molecule has 0 bridgehead atoms. The van der Waals surface area contributed by atoms with Gasteiger partial charge in [-0.25, -0.2) is 14.8 Å². The highest BCUT2D eigenvalue weighted by molar-refractivity contribution is 6.00. The van der Waals surface area contributed by atoms with E-state index in [9.17, 15) is 4.79 Å². The van der Waals surface area contributed by atoms with Crippen LogP contribution in [0.2, 0.25) is 0 Å². The zero-order chi connectivity index (χ0) is 13.9. The van der Waals surface area contributed by atoms with Gasteiger partial charge in [-0.2, -0.15) is 0 Å². The monoisotopic (exact) mass is 275 g/mol. The smallest absolute Gasteiger partial charge is 0.357 e. The van der Waals surface area contributed by atoms with E-state index in [1.165, 1.54) is 6.33 Å². The number of carbonyl (C=O) groups is 1. The summed E-state index contributed by atoms with van der Waals surface area (Å²) < 4.78 is 10.9. The van der Waals surface area contributed by atoms with Crippen molar-refractivity contribution in [1.82, 2.24) is 15.0 Å². The van der Waals surface area contributed by atoms with Crippen molar-refractivity contribution in [2.24, 2.45) is 5.92 Å². The number of carbonyl (C=O) groups excluding carboxylic acids is 1. The molecule has 3 heterocycles. The standard InChI is InChI=1S/C14H17N3O3/c1-9-3-6-19-11(9)4-7-20-14(18)12-10-2-5-15-13(10)17-8-16-12/h2,5,8-9,11H,3-4,6-7H2,1H3,(H,15,16,17). The molecule has 2 aromatic heterocycles. The normalized spacial score (nSPS) is 22.2. The Morgan fingerprint density at radius 3 is 3.25 bits per heavy atom. The lowest BCUT2D eigenvalue weighted by Gasteiger charge is -2.14. The summed E-state index contributed by atoms with van der Waals surface area (Å²) in [5.74, 6) is 0.117. The largest absolute Gasteiger partial charge is 0.461 e. The fourth-order valence-corrected chi connectivity index (χ4v) is 2.49. The van der Waals surface area contributed by atoms with Crippen LogP contribution < -0.4 is 0 Å². The number of nitrogens with zero attached hydrogens (tertiary/aromatic N) is 2. The molecule has 0 saturated carbocycles. The average molecular weight is 275 g/mol. The van der Waals surface area contributed by atoms with E-state index in [4.69, 9.17) is 9.47 Å². The number of aromatic amines is 1. The van der Waals surface area contributed by atoms with Gasteiger partial charge in [0.25, 0.3) is 0 Å². The van der Waals surface area contributed by atoms with E-state index >= 15 is 0 Å². The highest BCUT2D eigenvalue weighted by atomic mass is 16.5. The van der Waals surface area contributed by atoms with Gasteiger partial charge in [0.15, 0.2) is 5.69 Å². The Kier molecular flexibility index (Phi) is 3.64.